The fourth-order valence-electron chi connectivity index (χ4n) is 2.07. The molecule has 0 radical (unpaired) electrons. The normalized spacial score (nSPS) is 9.83. The third-order valence-electron chi connectivity index (χ3n) is 2.94. The van der Waals surface area contributed by atoms with Crippen LogP contribution in [0.3, 0.4) is 0 Å². The monoisotopic (exact) mass is 236 g/mol. The molecule has 0 fully saturated rings. The van der Waals surface area contributed by atoms with E-state index < -0.39 is 0 Å². The van der Waals surface area contributed by atoms with Crippen molar-refractivity contribution < 1.29 is 0 Å². The van der Waals surface area contributed by atoms with Crippen molar-refractivity contribution in [2.45, 2.75) is 13.5 Å². The minimum Gasteiger partial charge on any atom is -0.369 e. The molecule has 2 nitrogen and oxygen atoms in total. The van der Waals surface area contributed by atoms with Gasteiger partial charge >= 0.3 is 0 Å². The van der Waals surface area contributed by atoms with Crippen LogP contribution in [0.25, 0.3) is 0 Å². The van der Waals surface area contributed by atoms with Crippen LogP contribution in [0.15, 0.2) is 48.5 Å². The average Bonchev–Trinajstić information content (AvgIpc) is 2.38. The third-order valence-corrected chi connectivity index (χ3v) is 2.94. The van der Waals surface area contributed by atoms with E-state index >= 15 is 0 Å². The second-order valence-corrected chi connectivity index (χ2v) is 4.47. The highest BCUT2D eigenvalue weighted by molar-refractivity contribution is 5.58. The zero-order valence-electron chi connectivity index (χ0n) is 10.7. The molecule has 0 atom stereocenters. The van der Waals surface area contributed by atoms with E-state index in [-0.39, 0.29) is 0 Å². The smallest absolute Gasteiger partial charge is 0.101 e. The van der Waals surface area contributed by atoms with Gasteiger partial charge in [-0.2, -0.15) is 5.26 Å². The Kier molecular flexibility index (Phi) is 3.64. The molecule has 0 aliphatic carbocycles. The lowest BCUT2D eigenvalue weighted by molar-refractivity contribution is 0.919. The van der Waals surface area contributed by atoms with Crippen molar-refractivity contribution in [2.75, 3.05) is 11.9 Å². The number of benzene rings is 2. The zero-order valence-corrected chi connectivity index (χ0v) is 10.7. The fraction of sp³-hybridized carbons (Fsp3) is 0.188. The van der Waals surface area contributed by atoms with Gasteiger partial charge in [0.05, 0.1) is 11.3 Å². The molecule has 2 heteroatoms. The summed E-state index contributed by atoms with van der Waals surface area (Å²) in [5, 5.41) is 9.10. The van der Waals surface area contributed by atoms with E-state index in [0.29, 0.717) is 5.56 Å². The Balaban J connectivity index is 2.22. The van der Waals surface area contributed by atoms with Crippen molar-refractivity contribution in [1.29, 1.82) is 5.26 Å². The maximum Gasteiger partial charge on any atom is 0.101 e. The zero-order chi connectivity index (χ0) is 13.0. The van der Waals surface area contributed by atoms with Crippen LogP contribution in [0.1, 0.15) is 16.7 Å². The summed E-state index contributed by atoms with van der Waals surface area (Å²) in [7, 11) is 2.01. The van der Waals surface area contributed by atoms with E-state index in [1.807, 2.05) is 31.3 Å². The molecule has 90 valence electrons. The first-order valence-electron chi connectivity index (χ1n) is 5.96. The van der Waals surface area contributed by atoms with E-state index in [1.54, 1.807) is 0 Å². The van der Waals surface area contributed by atoms with E-state index in [1.165, 1.54) is 11.1 Å². The molecule has 0 saturated carbocycles. The van der Waals surface area contributed by atoms with Crippen LogP contribution < -0.4 is 4.90 Å². The van der Waals surface area contributed by atoms with Crippen LogP contribution >= 0.6 is 0 Å². The molecular formula is C16H16N2. The second-order valence-electron chi connectivity index (χ2n) is 4.47. The minimum atomic E-state index is 0.715. The lowest BCUT2D eigenvalue weighted by Crippen LogP contribution is -2.17. The summed E-state index contributed by atoms with van der Waals surface area (Å²) in [6.45, 7) is 2.90. The Morgan fingerprint density at radius 3 is 2.61 bits per heavy atom. The molecule has 0 heterocycles. The second kappa shape index (κ2) is 5.37. The Labute approximate surface area is 108 Å². The van der Waals surface area contributed by atoms with Crippen LogP contribution in [-0.4, -0.2) is 7.05 Å². The molecule has 2 aromatic carbocycles. The van der Waals surface area contributed by atoms with Gasteiger partial charge in [0.25, 0.3) is 0 Å². The number of hydrogen-bond donors (Lipinski definition) is 0. The molecule has 0 unspecified atom stereocenters. The quantitative estimate of drug-likeness (QED) is 0.815. The summed E-state index contributed by atoms with van der Waals surface area (Å²) < 4.78 is 0. The van der Waals surface area contributed by atoms with Crippen molar-refractivity contribution in [3.63, 3.8) is 0 Å². The van der Waals surface area contributed by atoms with Crippen LogP contribution in [0, 0.1) is 18.3 Å². The van der Waals surface area contributed by atoms with Gasteiger partial charge < -0.3 is 4.90 Å². The van der Waals surface area contributed by atoms with Crippen molar-refractivity contribution >= 4 is 5.69 Å². The number of anilines is 1. The van der Waals surface area contributed by atoms with Crippen molar-refractivity contribution in [3.8, 4) is 6.07 Å². The lowest BCUT2D eigenvalue weighted by Gasteiger charge is -2.20. The summed E-state index contributed by atoms with van der Waals surface area (Å²) in [6, 6.07) is 18.4. The topological polar surface area (TPSA) is 27.0 Å². The molecule has 0 bridgehead atoms. The molecule has 18 heavy (non-hydrogen) atoms. The van der Waals surface area contributed by atoms with Gasteiger partial charge in [0.1, 0.15) is 6.07 Å². The van der Waals surface area contributed by atoms with Gasteiger partial charge in [0.2, 0.25) is 0 Å². The minimum absolute atomic E-state index is 0.715. The summed E-state index contributed by atoms with van der Waals surface area (Å²) in [6.07, 6.45) is 0. The van der Waals surface area contributed by atoms with Crippen LogP contribution in [-0.2, 0) is 6.54 Å². The molecular weight excluding hydrogens is 220 g/mol. The average molecular weight is 236 g/mol. The first-order chi connectivity index (χ1) is 8.70. The van der Waals surface area contributed by atoms with E-state index in [2.05, 4.69) is 42.2 Å². The highest BCUT2D eigenvalue weighted by Gasteiger charge is 2.06. The predicted octanol–water partition coefficient (Wildman–Crippen LogP) is 3.50. The van der Waals surface area contributed by atoms with Crippen LogP contribution in [0.5, 0.6) is 0 Å². The maximum absolute atomic E-state index is 9.10. The van der Waals surface area contributed by atoms with Crippen molar-refractivity contribution in [2.24, 2.45) is 0 Å². The summed E-state index contributed by atoms with van der Waals surface area (Å²) in [5.74, 6) is 0. The Bertz CT molecular complexity index is 582. The van der Waals surface area contributed by atoms with Gasteiger partial charge in [-0.05, 0) is 24.6 Å². The van der Waals surface area contributed by atoms with Gasteiger partial charge in [-0.1, -0.05) is 42.0 Å². The molecule has 2 aromatic rings. The third kappa shape index (κ3) is 2.70. The highest BCUT2D eigenvalue weighted by Crippen LogP contribution is 2.20. The summed E-state index contributed by atoms with van der Waals surface area (Å²) >= 11 is 0. The summed E-state index contributed by atoms with van der Waals surface area (Å²) in [4.78, 5) is 2.10. The van der Waals surface area contributed by atoms with Crippen molar-refractivity contribution in [3.05, 3.63) is 65.2 Å². The predicted molar refractivity (Wildman–Crippen MR) is 74.4 cm³/mol. The number of hydrogen-bond acceptors (Lipinski definition) is 2. The molecule has 0 saturated heterocycles. The van der Waals surface area contributed by atoms with Crippen molar-refractivity contribution in [1.82, 2.24) is 0 Å². The molecule has 0 spiro atoms. The number of nitriles is 1. The molecule has 0 aliphatic heterocycles. The first-order valence-corrected chi connectivity index (χ1v) is 5.96. The molecule has 0 N–H and O–H groups in total. The molecule has 2 rings (SSSR count). The van der Waals surface area contributed by atoms with E-state index in [0.717, 1.165) is 12.2 Å². The van der Waals surface area contributed by atoms with E-state index in [4.69, 9.17) is 5.26 Å². The number of para-hydroxylation sites is 1. The highest BCUT2D eigenvalue weighted by atomic mass is 15.1. The van der Waals surface area contributed by atoms with Gasteiger partial charge in [0, 0.05) is 13.6 Å². The van der Waals surface area contributed by atoms with Gasteiger partial charge in [-0.15, -0.1) is 0 Å². The van der Waals surface area contributed by atoms with Gasteiger partial charge in [-0.3, -0.25) is 0 Å². The number of rotatable bonds is 3. The van der Waals surface area contributed by atoms with E-state index in [9.17, 15) is 0 Å². The van der Waals surface area contributed by atoms with Crippen LogP contribution in [0.4, 0.5) is 5.69 Å². The van der Waals surface area contributed by atoms with Crippen LogP contribution in [0.2, 0.25) is 0 Å². The SMILES string of the molecule is Cc1cccc(CN(C)c2ccccc2C#N)c1. The number of aryl methyl sites for hydroxylation is 1. The molecule has 0 aliphatic rings. The standard InChI is InChI=1S/C16H16N2/c1-13-6-5-7-14(10-13)12-18(2)16-9-4-3-8-15(16)11-17/h3-10H,12H2,1-2H3. The molecule has 0 amide bonds. The lowest BCUT2D eigenvalue weighted by atomic mass is 10.1. The Hall–Kier alpha value is -2.27. The fourth-order valence-corrected chi connectivity index (χ4v) is 2.07. The largest absolute Gasteiger partial charge is 0.369 e. The summed E-state index contributed by atoms with van der Waals surface area (Å²) in [5.41, 5.74) is 4.20. The molecule has 0 aromatic heterocycles. The first kappa shape index (κ1) is 12.2. The maximum atomic E-state index is 9.10. The van der Waals surface area contributed by atoms with Gasteiger partial charge in [-0.25, -0.2) is 0 Å². The Morgan fingerprint density at radius 1 is 1.11 bits per heavy atom. The number of nitrogens with zero attached hydrogens (tertiary/aromatic N) is 2. The van der Waals surface area contributed by atoms with Gasteiger partial charge in [0.15, 0.2) is 0 Å². The Morgan fingerprint density at radius 2 is 1.89 bits per heavy atom.